The van der Waals surface area contributed by atoms with Gasteiger partial charge in [-0.15, -0.1) is 11.6 Å². The molecule has 0 N–H and O–H groups in total. The number of hydrogen-bond acceptors (Lipinski definition) is 3. The van der Waals surface area contributed by atoms with Crippen LogP contribution in [-0.4, -0.2) is 25.0 Å². The Morgan fingerprint density at radius 3 is 2.36 bits per heavy atom. The predicted molar refractivity (Wildman–Crippen MR) is 81.7 cm³/mol. The average molecular weight is 322 g/mol. The molecule has 3 rings (SSSR count). The summed E-state index contributed by atoms with van der Waals surface area (Å²) in [6, 6.07) is 10.8. The summed E-state index contributed by atoms with van der Waals surface area (Å²) in [5, 5.41) is 0. The molecule has 0 saturated carbocycles. The molecule has 1 aliphatic heterocycles. The Kier molecular flexibility index (Phi) is 4.15. The Hall–Kier alpha value is -2.27. The van der Waals surface area contributed by atoms with Crippen LogP contribution in [0.5, 0.6) is 11.5 Å². The van der Waals surface area contributed by atoms with Gasteiger partial charge in [0.05, 0.1) is 5.69 Å². The molecule has 4 nitrogen and oxygen atoms in total. The van der Waals surface area contributed by atoms with E-state index < -0.39 is 0 Å². The number of carbonyl (C=O) groups excluding carboxylic acids is 1. The molecule has 114 valence electrons. The number of rotatable bonds is 3. The maximum atomic E-state index is 13.1. The molecule has 0 aromatic heterocycles. The second-order valence-electron chi connectivity index (χ2n) is 4.67. The first kappa shape index (κ1) is 14.7. The quantitative estimate of drug-likeness (QED) is 0.812. The number of nitrogens with zero attached hydrogens (tertiary/aromatic N) is 1. The summed E-state index contributed by atoms with van der Waals surface area (Å²) in [6.45, 7) is 0.949. The van der Waals surface area contributed by atoms with E-state index in [0.717, 1.165) is 0 Å². The van der Waals surface area contributed by atoms with Gasteiger partial charge in [-0.3, -0.25) is 9.69 Å². The molecule has 1 aliphatic rings. The molecule has 2 aromatic rings. The zero-order valence-corrected chi connectivity index (χ0v) is 12.3. The minimum absolute atomic E-state index is 0.189. The van der Waals surface area contributed by atoms with Crippen LogP contribution in [0.3, 0.4) is 0 Å². The first-order valence-electron chi connectivity index (χ1n) is 6.73. The van der Waals surface area contributed by atoms with Crippen molar-refractivity contribution in [2.24, 2.45) is 0 Å². The zero-order chi connectivity index (χ0) is 15.5. The van der Waals surface area contributed by atoms with E-state index in [9.17, 15) is 9.18 Å². The number of ether oxygens (including phenoxy) is 2. The number of anilines is 2. The van der Waals surface area contributed by atoms with Crippen molar-refractivity contribution in [2.75, 3.05) is 24.0 Å². The van der Waals surface area contributed by atoms with Gasteiger partial charge in [0.1, 0.15) is 24.9 Å². The highest BCUT2D eigenvalue weighted by molar-refractivity contribution is 6.30. The van der Waals surface area contributed by atoms with Gasteiger partial charge in [-0.1, -0.05) is 0 Å². The maximum absolute atomic E-state index is 13.1. The van der Waals surface area contributed by atoms with Crippen LogP contribution < -0.4 is 14.4 Å². The van der Waals surface area contributed by atoms with Gasteiger partial charge in [-0.2, -0.15) is 0 Å². The average Bonchev–Trinajstić information content (AvgIpc) is 2.56. The smallest absolute Gasteiger partial charge is 0.246 e. The lowest BCUT2D eigenvalue weighted by atomic mass is 10.2. The minimum atomic E-state index is -0.371. The molecule has 0 atom stereocenters. The number of alkyl halides is 1. The van der Waals surface area contributed by atoms with Crippen LogP contribution in [0, 0.1) is 5.82 Å². The van der Waals surface area contributed by atoms with Gasteiger partial charge in [0, 0.05) is 11.8 Å². The van der Waals surface area contributed by atoms with E-state index in [2.05, 4.69) is 0 Å². The van der Waals surface area contributed by atoms with Gasteiger partial charge in [0.25, 0.3) is 0 Å². The van der Waals surface area contributed by atoms with E-state index in [1.165, 1.54) is 29.2 Å². The van der Waals surface area contributed by atoms with E-state index in [1.807, 2.05) is 0 Å². The number of fused-ring (bicyclic) bond motifs is 1. The predicted octanol–water partition coefficient (Wildman–Crippen LogP) is 3.50. The molecular formula is C16H13ClFNO3. The molecule has 0 saturated heterocycles. The molecule has 1 heterocycles. The number of carbonyl (C=O) groups is 1. The van der Waals surface area contributed by atoms with E-state index >= 15 is 0 Å². The summed E-state index contributed by atoms with van der Waals surface area (Å²) >= 11 is 5.70. The third-order valence-corrected chi connectivity index (χ3v) is 3.46. The van der Waals surface area contributed by atoms with Gasteiger partial charge in [0.2, 0.25) is 5.91 Å². The fourth-order valence-corrected chi connectivity index (χ4v) is 2.38. The molecular weight excluding hydrogens is 309 g/mol. The molecule has 22 heavy (non-hydrogen) atoms. The summed E-state index contributed by atoms with van der Waals surface area (Å²) in [6.07, 6.45) is 0. The molecule has 6 heteroatoms. The van der Waals surface area contributed by atoms with Crippen LogP contribution in [0.1, 0.15) is 0 Å². The second-order valence-corrected chi connectivity index (χ2v) is 4.93. The Balaban J connectivity index is 2.02. The van der Waals surface area contributed by atoms with Crippen LogP contribution in [0.25, 0.3) is 0 Å². The molecule has 0 radical (unpaired) electrons. The minimum Gasteiger partial charge on any atom is -0.486 e. The third-order valence-electron chi connectivity index (χ3n) is 3.23. The lowest BCUT2D eigenvalue weighted by molar-refractivity contribution is -0.115. The van der Waals surface area contributed by atoms with Gasteiger partial charge in [-0.25, -0.2) is 4.39 Å². The van der Waals surface area contributed by atoms with Crippen molar-refractivity contribution in [3.63, 3.8) is 0 Å². The summed E-state index contributed by atoms with van der Waals surface area (Å²) in [5.41, 5.74) is 1.12. The van der Waals surface area contributed by atoms with Crippen molar-refractivity contribution in [3.05, 3.63) is 48.3 Å². The Labute approximate surface area is 132 Å². The SMILES string of the molecule is O=C(CCl)N(c1ccc(F)cc1)c1ccc2c(c1)OCCO2. The van der Waals surface area contributed by atoms with Crippen LogP contribution in [0.2, 0.25) is 0 Å². The summed E-state index contributed by atoms with van der Waals surface area (Å²) < 4.78 is 24.1. The first-order valence-corrected chi connectivity index (χ1v) is 7.26. The van der Waals surface area contributed by atoms with E-state index in [-0.39, 0.29) is 17.6 Å². The van der Waals surface area contributed by atoms with E-state index in [4.69, 9.17) is 21.1 Å². The van der Waals surface area contributed by atoms with Gasteiger partial charge >= 0.3 is 0 Å². The van der Waals surface area contributed by atoms with Crippen molar-refractivity contribution >= 4 is 28.9 Å². The second kappa shape index (κ2) is 6.23. The summed E-state index contributed by atoms with van der Waals surface area (Å²) in [4.78, 5) is 13.6. The normalized spacial score (nSPS) is 12.8. The molecule has 0 fully saturated rings. The molecule has 0 bridgehead atoms. The highest BCUT2D eigenvalue weighted by Crippen LogP contribution is 2.36. The van der Waals surface area contributed by atoms with Crippen molar-refractivity contribution in [1.29, 1.82) is 0 Å². The fraction of sp³-hybridized carbons (Fsp3) is 0.188. The van der Waals surface area contributed by atoms with E-state index in [1.54, 1.807) is 18.2 Å². The molecule has 1 amide bonds. The molecule has 2 aromatic carbocycles. The Bertz CT molecular complexity index is 690. The Morgan fingerprint density at radius 1 is 1.05 bits per heavy atom. The van der Waals surface area contributed by atoms with Crippen LogP contribution >= 0.6 is 11.6 Å². The van der Waals surface area contributed by atoms with Crippen LogP contribution in [0.15, 0.2) is 42.5 Å². The number of halogens is 2. The van der Waals surface area contributed by atoms with Crippen molar-refractivity contribution in [2.45, 2.75) is 0 Å². The lowest BCUT2D eigenvalue weighted by Gasteiger charge is -2.25. The molecule has 0 unspecified atom stereocenters. The van der Waals surface area contributed by atoms with Gasteiger partial charge in [-0.05, 0) is 36.4 Å². The maximum Gasteiger partial charge on any atom is 0.246 e. The fourth-order valence-electron chi connectivity index (χ4n) is 2.26. The van der Waals surface area contributed by atoms with Crippen LogP contribution in [0.4, 0.5) is 15.8 Å². The van der Waals surface area contributed by atoms with Crippen molar-refractivity contribution in [3.8, 4) is 11.5 Å². The zero-order valence-electron chi connectivity index (χ0n) is 11.6. The highest BCUT2D eigenvalue weighted by atomic mass is 35.5. The van der Waals surface area contributed by atoms with Crippen molar-refractivity contribution < 1.29 is 18.7 Å². The van der Waals surface area contributed by atoms with E-state index in [0.29, 0.717) is 36.1 Å². The third kappa shape index (κ3) is 2.85. The standard InChI is InChI=1S/C16H13ClFNO3/c17-10-16(20)19(12-3-1-11(18)2-4-12)13-5-6-14-15(9-13)22-8-7-21-14/h1-6,9H,7-8,10H2. The van der Waals surface area contributed by atoms with Gasteiger partial charge in [0.15, 0.2) is 11.5 Å². The number of benzene rings is 2. The number of amides is 1. The lowest BCUT2D eigenvalue weighted by Crippen LogP contribution is -2.27. The topological polar surface area (TPSA) is 38.8 Å². The van der Waals surface area contributed by atoms with Crippen LogP contribution in [-0.2, 0) is 4.79 Å². The monoisotopic (exact) mass is 321 g/mol. The molecule has 0 spiro atoms. The number of hydrogen-bond donors (Lipinski definition) is 0. The van der Waals surface area contributed by atoms with Crippen molar-refractivity contribution in [1.82, 2.24) is 0 Å². The Morgan fingerprint density at radius 2 is 1.68 bits per heavy atom. The first-order chi connectivity index (χ1) is 10.7. The summed E-state index contributed by atoms with van der Waals surface area (Å²) in [5.74, 6) is 0.325. The van der Waals surface area contributed by atoms with Gasteiger partial charge < -0.3 is 9.47 Å². The highest BCUT2D eigenvalue weighted by Gasteiger charge is 2.20. The summed E-state index contributed by atoms with van der Waals surface area (Å²) in [7, 11) is 0. The largest absolute Gasteiger partial charge is 0.486 e. The molecule has 0 aliphatic carbocycles.